The lowest BCUT2D eigenvalue weighted by molar-refractivity contribution is 0.115. The molecule has 0 aliphatic carbocycles. The average molecular weight is 234 g/mol. The Balaban J connectivity index is 1.48. The SMILES string of the molecule is CCC[C@H]1O[C@@H]1CCCOCc1ccccc1. The zero-order valence-electron chi connectivity index (χ0n) is 10.6. The number of hydrogen-bond donors (Lipinski definition) is 0. The lowest BCUT2D eigenvalue weighted by atomic mass is 10.1. The summed E-state index contributed by atoms with van der Waals surface area (Å²) in [6.45, 7) is 3.78. The quantitative estimate of drug-likeness (QED) is 0.507. The van der Waals surface area contributed by atoms with E-state index >= 15 is 0 Å². The summed E-state index contributed by atoms with van der Waals surface area (Å²) in [6, 6.07) is 10.3. The van der Waals surface area contributed by atoms with Crippen LogP contribution in [-0.4, -0.2) is 18.8 Å². The Kier molecular flexibility index (Phi) is 5.02. The van der Waals surface area contributed by atoms with Crippen molar-refractivity contribution in [2.75, 3.05) is 6.61 Å². The van der Waals surface area contributed by atoms with E-state index in [9.17, 15) is 0 Å². The summed E-state index contributed by atoms with van der Waals surface area (Å²) in [4.78, 5) is 0. The van der Waals surface area contributed by atoms with Crippen LogP contribution in [0, 0.1) is 0 Å². The maximum Gasteiger partial charge on any atom is 0.0842 e. The van der Waals surface area contributed by atoms with Gasteiger partial charge in [0.05, 0.1) is 18.8 Å². The fourth-order valence-corrected chi connectivity index (χ4v) is 2.12. The van der Waals surface area contributed by atoms with Crippen molar-refractivity contribution in [3.8, 4) is 0 Å². The maximum absolute atomic E-state index is 5.64. The van der Waals surface area contributed by atoms with Crippen LogP contribution < -0.4 is 0 Å². The van der Waals surface area contributed by atoms with E-state index in [2.05, 4.69) is 19.1 Å². The molecule has 2 heteroatoms. The average Bonchev–Trinajstić information content (AvgIpc) is 3.09. The number of ether oxygens (including phenoxy) is 2. The Morgan fingerprint density at radius 2 is 1.88 bits per heavy atom. The van der Waals surface area contributed by atoms with Crippen molar-refractivity contribution >= 4 is 0 Å². The van der Waals surface area contributed by atoms with Crippen molar-refractivity contribution in [1.29, 1.82) is 0 Å². The Morgan fingerprint density at radius 1 is 1.12 bits per heavy atom. The van der Waals surface area contributed by atoms with Crippen molar-refractivity contribution in [1.82, 2.24) is 0 Å². The van der Waals surface area contributed by atoms with E-state index in [4.69, 9.17) is 9.47 Å². The molecule has 2 nitrogen and oxygen atoms in total. The van der Waals surface area contributed by atoms with Gasteiger partial charge in [0.15, 0.2) is 0 Å². The second kappa shape index (κ2) is 6.77. The van der Waals surface area contributed by atoms with Crippen LogP contribution in [0.1, 0.15) is 38.2 Å². The van der Waals surface area contributed by atoms with Crippen molar-refractivity contribution < 1.29 is 9.47 Å². The highest BCUT2D eigenvalue weighted by atomic mass is 16.6. The number of benzene rings is 1. The first-order valence-corrected chi connectivity index (χ1v) is 6.67. The van der Waals surface area contributed by atoms with Gasteiger partial charge in [-0.2, -0.15) is 0 Å². The van der Waals surface area contributed by atoms with Gasteiger partial charge in [-0.25, -0.2) is 0 Å². The van der Waals surface area contributed by atoms with Crippen molar-refractivity contribution in [3.63, 3.8) is 0 Å². The van der Waals surface area contributed by atoms with Gasteiger partial charge >= 0.3 is 0 Å². The molecular weight excluding hydrogens is 212 g/mol. The van der Waals surface area contributed by atoms with E-state index in [0.717, 1.165) is 26.1 Å². The molecule has 0 unspecified atom stereocenters. The van der Waals surface area contributed by atoms with Crippen molar-refractivity contribution in [2.45, 2.75) is 51.4 Å². The van der Waals surface area contributed by atoms with E-state index in [1.54, 1.807) is 0 Å². The molecule has 0 saturated carbocycles. The van der Waals surface area contributed by atoms with Gasteiger partial charge in [0, 0.05) is 6.61 Å². The first-order valence-electron chi connectivity index (χ1n) is 6.67. The molecule has 0 spiro atoms. The van der Waals surface area contributed by atoms with Crippen molar-refractivity contribution in [3.05, 3.63) is 35.9 Å². The van der Waals surface area contributed by atoms with E-state index in [1.807, 2.05) is 18.2 Å². The standard InChI is InChI=1S/C15H22O2/c1-2-7-14-15(17-14)10-6-11-16-12-13-8-4-3-5-9-13/h3-5,8-9,14-15H,2,6-7,10-12H2,1H3/t14-,15-/m1/s1. The first kappa shape index (κ1) is 12.6. The lowest BCUT2D eigenvalue weighted by Gasteiger charge is -2.03. The van der Waals surface area contributed by atoms with Crippen LogP contribution in [0.15, 0.2) is 30.3 Å². The summed E-state index contributed by atoms with van der Waals surface area (Å²) >= 11 is 0. The van der Waals surface area contributed by atoms with Gasteiger partial charge in [-0.1, -0.05) is 43.7 Å². The Hall–Kier alpha value is -0.860. The van der Waals surface area contributed by atoms with E-state index in [0.29, 0.717) is 12.2 Å². The molecule has 1 saturated heterocycles. The Bertz CT molecular complexity index is 310. The molecular formula is C15H22O2. The minimum Gasteiger partial charge on any atom is -0.377 e. The Labute approximate surface area is 104 Å². The molecule has 94 valence electrons. The summed E-state index contributed by atoms with van der Waals surface area (Å²) in [5.41, 5.74) is 1.25. The molecule has 1 aliphatic heterocycles. The predicted octanol–water partition coefficient (Wildman–Crippen LogP) is 3.55. The highest BCUT2D eigenvalue weighted by Gasteiger charge is 2.36. The van der Waals surface area contributed by atoms with E-state index in [1.165, 1.54) is 18.4 Å². The second-order valence-corrected chi connectivity index (χ2v) is 4.68. The van der Waals surface area contributed by atoms with Crippen LogP contribution in [0.25, 0.3) is 0 Å². The van der Waals surface area contributed by atoms with Gasteiger partial charge < -0.3 is 9.47 Å². The largest absolute Gasteiger partial charge is 0.377 e. The molecule has 1 heterocycles. The van der Waals surface area contributed by atoms with Crippen molar-refractivity contribution in [2.24, 2.45) is 0 Å². The molecule has 0 N–H and O–H groups in total. The van der Waals surface area contributed by atoms with Gasteiger partial charge in [-0.15, -0.1) is 0 Å². The summed E-state index contributed by atoms with van der Waals surface area (Å²) in [7, 11) is 0. The fourth-order valence-electron chi connectivity index (χ4n) is 2.12. The van der Waals surface area contributed by atoms with Crippen LogP contribution in [-0.2, 0) is 16.1 Å². The summed E-state index contributed by atoms with van der Waals surface area (Å²) < 4.78 is 11.2. The highest BCUT2D eigenvalue weighted by Crippen LogP contribution is 2.30. The lowest BCUT2D eigenvalue weighted by Crippen LogP contribution is -1.99. The third-order valence-electron chi connectivity index (χ3n) is 3.15. The number of hydrogen-bond acceptors (Lipinski definition) is 2. The van der Waals surface area contributed by atoms with Gasteiger partial charge in [-0.3, -0.25) is 0 Å². The van der Waals surface area contributed by atoms with Crippen LogP contribution in [0.3, 0.4) is 0 Å². The molecule has 1 fully saturated rings. The third-order valence-corrected chi connectivity index (χ3v) is 3.15. The number of rotatable bonds is 8. The van der Waals surface area contributed by atoms with E-state index < -0.39 is 0 Å². The topological polar surface area (TPSA) is 21.8 Å². The molecule has 1 aromatic rings. The zero-order valence-corrected chi connectivity index (χ0v) is 10.6. The second-order valence-electron chi connectivity index (χ2n) is 4.68. The smallest absolute Gasteiger partial charge is 0.0842 e. The van der Waals surface area contributed by atoms with Crippen LogP contribution >= 0.6 is 0 Å². The fraction of sp³-hybridized carbons (Fsp3) is 0.600. The molecule has 0 amide bonds. The maximum atomic E-state index is 5.64. The van der Waals surface area contributed by atoms with Gasteiger partial charge in [-0.05, 0) is 24.8 Å². The molecule has 0 radical (unpaired) electrons. The van der Waals surface area contributed by atoms with Gasteiger partial charge in [0.25, 0.3) is 0 Å². The van der Waals surface area contributed by atoms with Gasteiger partial charge in [0.1, 0.15) is 0 Å². The summed E-state index contributed by atoms with van der Waals surface area (Å²) in [5.74, 6) is 0. The molecule has 0 bridgehead atoms. The zero-order chi connectivity index (χ0) is 11.9. The molecule has 2 rings (SSSR count). The van der Waals surface area contributed by atoms with Crippen LogP contribution in [0.2, 0.25) is 0 Å². The summed E-state index contributed by atoms with van der Waals surface area (Å²) in [6.07, 6.45) is 5.78. The minimum atomic E-state index is 0.523. The van der Waals surface area contributed by atoms with Crippen LogP contribution in [0.4, 0.5) is 0 Å². The summed E-state index contributed by atoms with van der Waals surface area (Å²) in [5, 5.41) is 0. The molecule has 0 aromatic heterocycles. The first-order chi connectivity index (χ1) is 8.40. The minimum absolute atomic E-state index is 0.523. The van der Waals surface area contributed by atoms with Crippen LogP contribution in [0.5, 0.6) is 0 Å². The molecule has 2 atom stereocenters. The molecule has 17 heavy (non-hydrogen) atoms. The Morgan fingerprint density at radius 3 is 2.65 bits per heavy atom. The van der Waals surface area contributed by atoms with Gasteiger partial charge in [0.2, 0.25) is 0 Å². The number of epoxide rings is 1. The monoisotopic (exact) mass is 234 g/mol. The highest BCUT2D eigenvalue weighted by molar-refractivity contribution is 5.13. The molecule has 1 aliphatic rings. The normalized spacial score (nSPS) is 22.6. The third kappa shape index (κ3) is 4.49. The predicted molar refractivity (Wildman–Crippen MR) is 68.9 cm³/mol. The molecule has 1 aromatic carbocycles. The van der Waals surface area contributed by atoms with E-state index in [-0.39, 0.29) is 0 Å².